The second-order valence-corrected chi connectivity index (χ2v) is 13.2. The third-order valence-corrected chi connectivity index (χ3v) is 9.02. The molecule has 290 valence electrons. The SMILES string of the molecule is CC(=O)NC1[C@H](COC[C@@H]2C(CO)O[C@@H](COC[C@@H]3C(CO)O[C@@H](O)C(NC(C)=O)[C@H]3O)C(NC(C)=O)[C@H]2OC(C)C)OC(CO)[C@@H](O)[C@@H]1O. The zero-order valence-electron chi connectivity index (χ0n) is 29.0. The second-order valence-electron chi connectivity index (χ2n) is 13.2. The second kappa shape index (κ2) is 19.6. The minimum absolute atomic E-state index is 0.113. The summed E-state index contributed by atoms with van der Waals surface area (Å²) in [7, 11) is 0. The third-order valence-electron chi connectivity index (χ3n) is 9.02. The van der Waals surface area contributed by atoms with Gasteiger partial charge < -0.3 is 80.1 Å². The predicted molar refractivity (Wildman–Crippen MR) is 169 cm³/mol. The predicted octanol–water partition coefficient (Wildman–Crippen LogP) is -5.13. The fraction of sp³-hybridized carbons (Fsp3) is 0.903. The monoisotopic (exact) mass is 725 g/mol. The van der Waals surface area contributed by atoms with E-state index in [1.807, 2.05) is 0 Å². The van der Waals surface area contributed by atoms with Crippen molar-refractivity contribution in [1.29, 1.82) is 0 Å². The van der Waals surface area contributed by atoms with Crippen LogP contribution in [-0.4, -0.2) is 185 Å². The van der Waals surface area contributed by atoms with E-state index < -0.39 is 129 Å². The summed E-state index contributed by atoms with van der Waals surface area (Å²) in [5.74, 6) is -2.98. The van der Waals surface area contributed by atoms with Crippen LogP contribution in [0.5, 0.6) is 0 Å². The number of aliphatic hydroxyl groups excluding tert-OH is 7. The molecule has 3 aliphatic heterocycles. The highest BCUT2D eigenvalue weighted by Crippen LogP contribution is 2.32. The molecule has 0 aromatic heterocycles. The highest BCUT2D eigenvalue weighted by Gasteiger charge is 2.50. The molecule has 19 nitrogen and oxygen atoms in total. The van der Waals surface area contributed by atoms with Gasteiger partial charge >= 0.3 is 0 Å². The van der Waals surface area contributed by atoms with Crippen molar-refractivity contribution in [2.24, 2.45) is 11.8 Å². The van der Waals surface area contributed by atoms with Crippen molar-refractivity contribution in [3.05, 3.63) is 0 Å². The summed E-state index contributed by atoms with van der Waals surface area (Å²) in [6.45, 7) is 4.98. The van der Waals surface area contributed by atoms with Gasteiger partial charge in [0.2, 0.25) is 17.7 Å². The molecule has 3 aliphatic rings. The zero-order chi connectivity index (χ0) is 37.3. The summed E-state index contributed by atoms with van der Waals surface area (Å²) in [5.41, 5.74) is 0. The van der Waals surface area contributed by atoms with Crippen LogP contribution in [0.4, 0.5) is 0 Å². The minimum atomic E-state index is -1.57. The van der Waals surface area contributed by atoms with Crippen LogP contribution in [0.3, 0.4) is 0 Å². The number of nitrogens with one attached hydrogen (secondary N) is 3. The van der Waals surface area contributed by atoms with E-state index in [-0.39, 0.29) is 32.5 Å². The Balaban J connectivity index is 1.77. The standard InChI is InChI=1S/C31H55N3O16/c1-13(2)47-30-18(10-46-11-22-24(32-14(3)38)29(43)28(42)21(8-37)49-22)20(7-36)48-23(25(30)33-15(4)39)12-45-9-17-19(6-35)50-31(44)26(27(17)41)34-16(5)40/h13,17-31,35-37,41-44H,6-12H2,1-5H3,(H,32,38)(H,33,39)(H,34,40)/t17-,18-,19?,20?,21?,22+,23+,24?,25?,26?,27+,28-,29-,30+,31-/m1/s1. The first-order valence-corrected chi connectivity index (χ1v) is 16.8. The van der Waals surface area contributed by atoms with E-state index >= 15 is 0 Å². The summed E-state index contributed by atoms with van der Waals surface area (Å²) in [6, 6.07) is -3.08. The van der Waals surface area contributed by atoms with E-state index in [0.717, 1.165) is 0 Å². The minimum Gasteiger partial charge on any atom is -0.394 e. The molecular weight excluding hydrogens is 670 g/mol. The van der Waals surface area contributed by atoms with Crippen LogP contribution in [0.25, 0.3) is 0 Å². The van der Waals surface area contributed by atoms with Gasteiger partial charge in [0.05, 0.1) is 88.9 Å². The maximum atomic E-state index is 12.4. The average Bonchev–Trinajstić information content (AvgIpc) is 3.04. The van der Waals surface area contributed by atoms with Crippen LogP contribution < -0.4 is 16.0 Å². The van der Waals surface area contributed by atoms with Gasteiger partial charge in [0.1, 0.15) is 36.6 Å². The fourth-order valence-electron chi connectivity index (χ4n) is 6.72. The Hall–Kier alpha value is -2.11. The first-order chi connectivity index (χ1) is 23.6. The molecule has 3 rings (SSSR count). The van der Waals surface area contributed by atoms with Gasteiger partial charge in [0, 0.05) is 32.6 Å². The summed E-state index contributed by atoms with van der Waals surface area (Å²) >= 11 is 0. The van der Waals surface area contributed by atoms with Gasteiger partial charge in [0.25, 0.3) is 0 Å². The van der Waals surface area contributed by atoms with E-state index in [9.17, 15) is 50.1 Å². The van der Waals surface area contributed by atoms with E-state index in [4.69, 9.17) is 28.4 Å². The zero-order valence-corrected chi connectivity index (χ0v) is 29.0. The molecule has 3 amide bonds. The first-order valence-electron chi connectivity index (χ1n) is 16.8. The molecule has 10 N–H and O–H groups in total. The molecular formula is C31H55N3O16. The molecule has 0 radical (unpaired) electrons. The van der Waals surface area contributed by atoms with Crippen molar-refractivity contribution in [3.8, 4) is 0 Å². The molecule has 3 heterocycles. The lowest BCUT2D eigenvalue weighted by atomic mass is 9.85. The van der Waals surface area contributed by atoms with Gasteiger partial charge in [-0.05, 0) is 13.8 Å². The summed E-state index contributed by atoms with van der Waals surface area (Å²) < 4.78 is 35.6. The highest BCUT2D eigenvalue weighted by molar-refractivity contribution is 5.74. The van der Waals surface area contributed by atoms with Crippen molar-refractivity contribution in [1.82, 2.24) is 16.0 Å². The van der Waals surface area contributed by atoms with Crippen LogP contribution >= 0.6 is 0 Å². The molecule has 15 atom stereocenters. The summed E-state index contributed by atoms with van der Waals surface area (Å²) in [5, 5.41) is 79.9. The molecule has 0 aliphatic carbocycles. The number of rotatable bonds is 16. The number of carbonyl (C=O) groups excluding carboxylic acids is 3. The number of hydrogen-bond donors (Lipinski definition) is 10. The molecule has 3 fully saturated rings. The van der Waals surface area contributed by atoms with Gasteiger partial charge in [-0.15, -0.1) is 0 Å². The number of carbonyl (C=O) groups is 3. The van der Waals surface area contributed by atoms with E-state index in [2.05, 4.69) is 16.0 Å². The lowest BCUT2D eigenvalue weighted by Gasteiger charge is -2.47. The van der Waals surface area contributed by atoms with Crippen molar-refractivity contribution in [2.75, 3.05) is 46.2 Å². The molecule has 0 aromatic rings. The van der Waals surface area contributed by atoms with Gasteiger partial charge in [-0.3, -0.25) is 14.4 Å². The first kappa shape index (κ1) is 42.3. The fourth-order valence-corrected chi connectivity index (χ4v) is 6.72. The van der Waals surface area contributed by atoms with Crippen LogP contribution in [0.15, 0.2) is 0 Å². The largest absolute Gasteiger partial charge is 0.394 e. The molecule has 50 heavy (non-hydrogen) atoms. The van der Waals surface area contributed by atoms with Crippen molar-refractivity contribution in [3.63, 3.8) is 0 Å². The Labute approximate surface area is 290 Å². The van der Waals surface area contributed by atoms with E-state index in [1.165, 1.54) is 20.8 Å². The van der Waals surface area contributed by atoms with E-state index in [1.54, 1.807) is 13.8 Å². The van der Waals surface area contributed by atoms with Gasteiger partial charge in [-0.25, -0.2) is 0 Å². The molecule has 19 heteroatoms. The lowest BCUT2D eigenvalue weighted by Crippen LogP contribution is -2.66. The Morgan fingerprint density at radius 2 is 1.04 bits per heavy atom. The van der Waals surface area contributed by atoms with Crippen LogP contribution in [-0.2, 0) is 42.8 Å². The molecule has 0 bridgehead atoms. The van der Waals surface area contributed by atoms with Gasteiger partial charge in [-0.2, -0.15) is 0 Å². The quantitative estimate of drug-likeness (QED) is 0.0712. The number of hydrogen-bond acceptors (Lipinski definition) is 16. The lowest BCUT2D eigenvalue weighted by molar-refractivity contribution is -0.249. The molecule has 6 unspecified atom stereocenters. The maximum Gasteiger partial charge on any atom is 0.217 e. The van der Waals surface area contributed by atoms with Crippen LogP contribution in [0.1, 0.15) is 34.6 Å². The Morgan fingerprint density at radius 1 is 0.580 bits per heavy atom. The van der Waals surface area contributed by atoms with Crippen molar-refractivity contribution in [2.45, 2.75) is 120 Å². The number of amides is 3. The van der Waals surface area contributed by atoms with Crippen LogP contribution in [0, 0.1) is 11.8 Å². The normalized spacial score (nSPS) is 39.2. The highest BCUT2D eigenvalue weighted by atomic mass is 16.6. The summed E-state index contributed by atoms with van der Waals surface area (Å²) in [4.78, 5) is 35.9. The number of aliphatic hydroxyl groups is 7. The van der Waals surface area contributed by atoms with Crippen molar-refractivity contribution >= 4 is 17.7 Å². The summed E-state index contributed by atoms with van der Waals surface area (Å²) in [6.07, 6.45) is -11.9. The van der Waals surface area contributed by atoms with Gasteiger partial charge in [0.15, 0.2) is 6.29 Å². The average molecular weight is 726 g/mol. The number of ether oxygens (including phenoxy) is 6. The third kappa shape index (κ3) is 11.0. The molecule has 0 saturated carbocycles. The van der Waals surface area contributed by atoms with Gasteiger partial charge in [-0.1, -0.05) is 0 Å². The molecule has 0 spiro atoms. The molecule has 3 saturated heterocycles. The Kier molecular flexibility index (Phi) is 16.6. The maximum absolute atomic E-state index is 12.4. The Morgan fingerprint density at radius 3 is 1.56 bits per heavy atom. The topological polar surface area (TPSA) is 284 Å². The smallest absolute Gasteiger partial charge is 0.217 e. The van der Waals surface area contributed by atoms with Crippen molar-refractivity contribution < 1.29 is 78.6 Å². The van der Waals surface area contributed by atoms with Crippen LogP contribution in [0.2, 0.25) is 0 Å². The Bertz CT molecular complexity index is 1090. The van der Waals surface area contributed by atoms with E-state index in [0.29, 0.717) is 0 Å². The molecule has 0 aromatic carbocycles.